The zero-order valence-corrected chi connectivity index (χ0v) is 14.1. The van der Waals surface area contributed by atoms with Gasteiger partial charge >= 0.3 is 0 Å². The summed E-state index contributed by atoms with van der Waals surface area (Å²) in [6, 6.07) is 18.3. The van der Waals surface area contributed by atoms with E-state index < -0.39 is 0 Å². The van der Waals surface area contributed by atoms with E-state index >= 15 is 0 Å². The molecule has 1 aromatic heterocycles. The van der Waals surface area contributed by atoms with Crippen LogP contribution < -0.4 is 5.32 Å². The first-order valence-corrected chi connectivity index (χ1v) is 7.85. The van der Waals surface area contributed by atoms with E-state index in [0.29, 0.717) is 0 Å². The fraction of sp³-hybridized carbons (Fsp3) is 0.111. The van der Waals surface area contributed by atoms with Crippen LogP contribution in [0.15, 0.2) is 59.1 Å². The molecule has 1 N–H and O–H groups in total. The minimum absolute atomic E-state index is 0.746. The molecule has 2 aromatic carbocycles. The lowest BCUT2D eigenvalue weighted by atomic mass is 10.1. The van der Waals surface area contributed by atoms with Crippen LogP contribution in [0, 0.1) is 13.8 Å². The first-order chi connectivity index (χ1) is 10.6. The molecule has 0 spiro atoms. The Bertz CT molecular complexity index is 798. The van der Waals surface area contributed by atoms with Crippen molar-refractivity contribution >= 4 is 27.4 Å². The number of aromatic nitrogens is 2. The third-order valence-corrected chi connectivity index (χ3v) is 3.78. The molecule has 0 saturated heterocycles. The summed E-state index contributed by atoms with van der Waals surface area (Å²) < 4.78 is 1.03. The average molecular weight is 354 g/mol. The molecule has 4 heteroatoms. The van der Waals surface area contributed by atoms with Gasteiger partial charge in [0.15, 0.2) is 0 Å². The third kappa shape index (κ3) is 3.52. The van der Waals surface area contributed by atoms with Crippen molar-refractivity contribution in [3.63, 3.8) is 0 Å². The lowest BCUT2D eigenvalue weighted by Crippen LogP contribution is -1.99. The van der Waals surface area contributed by atoms with Crippen LogP contribution >= 0.6 is 15.9 Å². The number of anilines is 2. The SMILES string of the molecule is Cc1ccc(-c2cc(Nc3cccc(Br)c3)nc(C)n2)cc1. The van der Waals surface area contributed by atoms with Crippen molar-refractivity contribution in [3.05, 3.63) is 70.5 Å². The lowest BCUT2D eigenvalue weighted by molar-refractivity contribution is 1.06. The molecule has 0 aliphatic carbocycles. The summed E-state index contributed by atoms with van der Waals surface area (Å²) in [4.78, 5) is 9.00. The molecule has 3 aromatic rings. The molecule has 1 heterocycles. The number of nitrogens with one attached hydrogen (secondary N) is 1. The molecule has 110 valence electrons. The fourth-order valence-electron chi connectivity index (χ4n) is 2.22. The zero-order chi connectivity index (χ0) is 15.5. The van der Waals surface area contributed by atoms with E-state index in [1.807, 2.05) is 37.3 Å². The number of nitrogens with zero attached hydrogens (tertiary/aromatic N) is 2. The van der Waals surface area contributed by atoms with Gasteiger partial charge < -0.3 is 5.32 Å². The highest BCUT2D eigenvalue weighted by Crippen LogP contribution is 2.23. The monoisotopic (exact) mass is 353 g/mol. The highest BCUT2D eigenvalue weighted by molar-refractivity contribution is 9.10. The van der Waals surface area contributed by atoms with Crippen LogP contribution in [0.2, 0.25) is 0 Å². The number of aryl methyl sites for hydroxylation is 2. The number of rotatable bonds is 3. The fourth-order valence-corrected chi connectivity index (χ4v) is 2.62. The minimum atomic E-state index is 0.746. The predicted octanol–water partition coefficient (Wildman–Crippen LogP) is 5.27. The Morgan fingerprint density at radius 3 is 2.41 bits per heavy atom. The van der Waals surface area contributed by atoms with Crippen LogP contribution in [0.5, 0.6) is 0 Å². The van der Waals surface area contributed by atoms with E-state index in [4.69, 9.17) is 0 Å². The molecule has 0 atom stereocenters. The zero-order valence-electron chi connectivity index (χ0n) is 12.5. The maximum atomic E-state index is 4.53. The molecule has 0 aliphatic rings. The molecular formula is C18H16BrN3. The van der Waals surface area contributed by atoms with Crippen LogP contribution in [0.3, 0.4) is 0 Å². The van der Waals surface area contributed by atoms with Crippen molar-refractivity contribution in [2.75, 3.05) is 5.32 Å². The second-order valence-corrected chi connectivity index (χ2v) is 6.10. The summed E-state index contributed by atoms with van der Waals surface area (Å²) in [5.41, 5.74) is 4.24. The second-order valence-electron chi connectivity index (χ2n) is 5.19. The number of benzene rings is 2. The van der Waals surface area contributed by atoms with Gasteiger partial charge in [0.2, 0.25) is 0 Å². The summed E-state index contributed by atoms with van der Waals surface area (Å²) in [6.45, 7) is 3.99. The van der Waals surface area contributed by atoms with Crippen molar-refractivity contribution < 1.29 is 0 Å². The largest absolute Gasteiger partial charge is 0.340 e. The highest BCUT2D eigenvalue weighted by Gasteiger charge is 2.05. The molecule has 0 radical (unpaired) electrons. The standard InChI is InChI=1S/C18H16BrN3/c1-12-6-8-14(9-7-12)17-11-18(21-13(2)20-17)22-16-5-3-4-15(19)10-16/h3-11H,1-2H3,(H,20,21,22). The molecule has 0 saturated carbocycles. The molecule has 0 fully saturated rings. The Kier molecular flexibility index (Phi) is 4.20. The Morgan fingerprint density at radius 1 is 0.909 bits per heavy atom. The quantitative estimate of drug-likeness (QED) is 0.697. The van der Waals surface area contributed by atoms with Gasteiger partial charge in [-0.25, -0.2) is 9.97 Å². The first kappa shape index (κ1) is 14.7. The molecule has 0 aliphatic heterocycles. The first-order valence-electron chi connectivity index (χ1n) is 7.05. The molecule has 0 bridgehead atoms. The maximum Gasteiger partial charge on any atom is 0.134 e. The Balaban J connectivity index is 1.94. The summed E-state index contributed by atoms with van der Waals surface area (Å²) in [5, 5.41) is 3.33. The second kappa shape index (κ2) is 6.28. The van der Waals surface area contributed by atoms with Gasteiger partial charge in [0, 0.05) is 21.8 Å². The number of hydrogen-bond donors (Lipinski definition) is 1. The number of hydrogen-bond acceptors (Lipinski definition) is 3. The minimum Gasteiger partial charge on any atom is -0.340 e. The van der Waals surface area contributed by atoms with Crippen LogP contribution in [0.25, 0.3) is 11.3 Å². The van der Waals surface area contributed by atoms with E-state index in [1.54, 1.807) is 0 Å². The molecule has 0 amide bonds. The van der Waals surface area contributed by atoms with Gasteiger partial charge in [0.1, 0.15) is 11.6 Å². The maximum absolute atomic E-state index is 4.53. The van der Waals surface area contributed by atoms with E-state index in [-0.39, 0.29) is 0 Å². The summed E-state index contributed by atoms with van der Waals surface area (Å²) in [5.74, 6) is 1.54. The van der Waals surface area contributed by atoms with Gasteiger partial charge in [-0.1, -0.05) is 51.8 Å². The smallest absolute Gasteiger partial charge is 0.134 e. The van der Waals surface area contributed by atoms with Gasteiger partial charge in [-0.3, -0.25) is 0 Å². The van der Waals surface area contributed by atoms with Gasteiger partial charge in [-0.05, 0) is 32.0 Å². The predicted molar refractivity (Wildman–Crippen MR) is 94.4 cm³/mol. The van der Waals surface area contributed by atoms with E-state index in [0.717, 1.165) is 33.1 Å². The third-order valence-electron chi connectivity index (χ3n) is 3.28. The molecule has 22 heavy (non-hydrogen) atoms. The lowest BCUT2D eigenvalue weighted by Gasteiger charge is -2.09. The normalized spacial score (nSPS) is 10.5. The van der Waals surface area contributed by atoms with Crippen molar-refractivity contribution in [1.29, 1.82) is 0 Å². The van der Waals surface area contributed by atoms with Crippen molar-refractivity contribution in [2.45, 2.75) is 13.8 Å². The molecule has 3 nitrogen and oxygen atoms in total. The molecular weight excluding hydrogens is 338 g/mol. The topological polar surface area (TPSA) is 37.8 Å². The van der Waals surface area contributed by atoms with Crippen molar-refractivity contribution in [3.8, 4) is 11.3 Å². The Hall–Kier alpha value is -2.20. The highest BCUT2D eigenvalue weighted by atomic mass is 79.9. The molecule has 0 unspecified atom stereocenters. The van der Waals surface area contributed by atoms with E-state index in [2.05, 4.69) is 62.4 Å². The van der Waals surface area contributed by atoms with Crippen LogP contribution in [-0.4, -0.2) is 9.97 Å². The summed E-state index contributed by atoms with van der Waals surface area (Å²) in [7, 11) is 0. The molecule has 3 rings (SSSR count). The van der Waals surface area contributed by atoms with Gasteiger partial charge in [-0.2, -0.15) is 0 Å². The number of halogens is 1. The van der Waals surface area contributed by atoms with E-state index in [9.17, 15) is 0 Å². The van der Waals surface area contributed by atoms with Crippen molar-refractivity contribution in [1.82, 2.24) is 9.97 Å². The van der Waals surface area contributed by atoms with Gasteiger partial charge in [0.05, 0.1) is 5.69 Å². The van der Waals surface area contributed by atoms with Crippen LogP contribution in [-0.2, 0) is 0 Å². The van der Waals surface area contributed by atoms with Gasteiger partial charge in [0.25, 0.3) is 0 Å². The van der Waals surface area contributed by atoms with Gasteiger partial charge in [-0.15, -0.1) is 0 Å². The summed E-state index contributed by atoms with van der Waals surface area (Å²) in [6.07, 6.45) is 0. The van der Waals surface area contributed by atoms with Crippen LogP contribution in [0.1, 0.15) is 11.4 Å². The average Bonchev–Trinajstić information content (AvgIpc) is 2.47. The summed E-state index contributed by atoms with van der Waals surface area (Å²) >= 11 is 3.48. The van der Waals surface area contributed by atoms with Crippen LogP contribution in [0.4, 0.5) is 11.5 Å². The van der Waals surface area contributed by atoms with E-state index in [1.165, 1.54) is 5.56 Å². The van der Waals surface area contributed by atoms with Crippen molar-refractivity contribution in [2.24, 2.45) is 0 Å². The Morgan fingerprint density at radius 2 is 1.68 bits per heavy atom. The Labute approximate surface area is 138 Å².